The average molecular weight is 294 g/mol. The van der Waals surface area contributed by atoms with Crippen LogP contribution in [0.25, 0.3) is 10.8 Å². The Morgan fingerprint density at radius 2 is 2.00 bits per heavy atom. The summed E-state index contributed by atoms with van der Waals surface area (Å²) >= 11 is 0. The molecule has 0 aliphatic heterocycles. The summed E-state index contributed by atoms with van der Waals surface area (Å²) in [4.78, 5) is 11.8. The van der Waals surface area contributed by atoms with E-state index in [2.05, 4.69) is 17.5 Å². The summed E-state index contributed by atoms with van der Waals surface area (Å²) in [6.07, 6.45) is 3.91. The van der Waals surface area contributed by atoms with Crippen molar-refractivity contribution in [3.63, 3.8) is 0 Å². The molecule has 0 saturated carbocycles. The Kier molecular flexibility index (Phi) is 4.19. The predicted octanol–water partition coefficient (Wildman–Crippen LogP) is 3.43. The fourth-order valence-electron chi connectivity index (χ4n) is 2.41. The van der Waals surface area contributed by atoms with Gasteiger partial charge in [-0.15, -0.1) is 0 Å². The van der Waals surface area contributed by atoms with Crippen molar-refractivity contribution in [2.24, 2.45) is 5.10 Å². The molecule has 2 aromatic rings. The highest BCUT2D eigenvalue weighted by atomic mass is 16.5. The lowest BCUT2D eigenvalue weighted by Gasteiger charge is -2.06. The SMILES string of the molecule is CC1=C/C(=N\NC(=O)COc2ccc3ccccc3c2)CC1. The first kappa shape index (κ1) is 14.3. The van der Waals surface area contributed by atoms with Crippen molar-refractivity contribution >= 4 is 22.4 Å². The second kappa shape index (κ2) is 6.43. The monoisotopic (exact) mass is 294 g/mol. The molecule has 0 bridgehead atoms. The van der Waals surface area contributed by atoms with Crippen LogP contribution in [0.3, 0.4) is 0 Å². The van der Waals surface area contributed by atoms with Crippen LogP contribution in [0.5, 0.6) is 5.75 Å². The van der Waals surface area contributed by atoms with Gasteiger partial charge in [0.15, 0.2) is 6.61 Å². The first-order valence-corrected chi connectivity index (χ1v) is 7.35. The highest BCUT2D eigenvalue weighted by Gasteiger charge is 2.08. The first-order valence-electron chi connectivity index (χ1n) is 7.35. The number of hydrazone groups is 1. The van der Waals surface area contributed by atoms with Crippen LogP contribution in [-0.2, 0) is 4.79 Å². The van der Waals surface area contributed by atoms with Gasteiger partial charge in [0.1, 0.15) is 5.75 Å². The van der Waals surface area contributed by atoms with Crippen LogP contribution in [0.15, 0.2) is 59.2 Å². The molecule has 4 heteroatoms. The molecule has 0 unspecified atom stereocenters. The number of benzene rings is 2. The van der Waals surface area contributed by atoms with E-state index in [-0.39, 0.29) is 12.5 Å². The number of amides is 1. The van der Waals surface area contributed by atoms with E-state index in [0.29, 0.717) is 5.75 Å². The maximum absolute atomic E-state index is 11.8. The molecule has 1 amide bonds. The van der Waals surface area contributed by atoms with Crippen molar-refractivity contribution in [2.45, 2.75) is 19.8 Å². The first-order chi connectivity index (χ1) is 10.7. The molecule has 0 fully saturated rings. The van der Waals surface area contributed by atoms with Crippen LogP contribution in [0.2, 0.25) is 0 Å². The molecule has 112 valence electrons. The molecule has 0 aromatic heterocycles. The second-order valence-corrected chi connectivity index (χ2v) is 5.43. The van der Waals surface area contributed by atoms with E-state index in [0.717, 1.165) is 29.3 Å². The van der Waals surface area contributed by atoms with Crippen molar-refractivity contribution in [1.29, 1.82) is 0 Å². The van der Waals surface area contributed by atoms with Crippen LogP contribution in [0, 0.1) is 0 Å². The largest absolute Gasteiger partial charge is 0.484 e. The summed E-state index contributed by atoms with van der Waals surface area (Å²) in [5.74, 6) is 0.428. The summed E-state index contributed by atoms with van der Waals surface area (Å²) < 4.78 is 5.52. The summed E-state index contributed by atoms with van der Waals surface area (Å²) in [6, 6.07) is 13.8. The number of hydrogen-bond donors (Lipinski definition) is 1. The van der Waals surface area contributed by atoms with Gasteiger partial charge in [-0.2, -0.15) is 5.10 Å². The van der Waals surface area contributed by atoms with Gasteiger partial charge >= 0.3 is 0 Å². The number of allylic oxidation sites excluding steroid dienone is 2. The van der Waals surface area contributed by atoms with Gasteiger partial charge in [0.2, 0.25) is 0 Å². The fourth-order valence-corrected chi connectivity index (χ4v) is 2.41. The average Bonchev–Trinajstić information content (AvgIpc) is 2.96. The maximum Gasteiger partial charge on any atom is 0.277 e. The van der Waals surface area contributed by atoms with Crippen LogP contribution < -0.4 is 10.2 Å². The van der Waals surface area contributed by atoms with E-state index in [1.54, 1.807) is 0 Å². The number of rotatable bonds is 4. The van der Waals surface area contributed by atoms with E-state index < -0.39 is 0 Å². The zero-order chi connectivity index (χ0) is 15.4. The number of nitrogens with zero attached hydrogens (tertiary/aromatic N) is 1. The summed E-state index contributed by atoms with van der Waals surface area (Å²) in [7, 11) is 0. The lowest BCUT2D eigenvalue weighted by molar-refractivity contribution is -0.123. The van der Waals surface area contributed by atoms with Gasteiger partial charge in [-0.05, 0) is 48.7 Å². The van der Waals surface area contributed by atoms with Crippen LogP contribution in [0.4, 0.5) is 0 Å². The van der Waals surface area contributed by atoms with Crippen molar-refractivity contribution < 1.29 is 9.53 Å². The topological polar surface area (TPSA) is 50.7 Å². The normalized spacial score (nSPS) is 15.9. The zero-order valence-electron chi connectivity index (χ0n) is 12.5. The summed E-state index contributed by atoms with van der Waals surface area (Å²) in [6.45, 7) is 2.02. The third-order valence-electron chi connectivity index (χ3n) is 3.60. The Bertz CT molecular complexity index is 763. The molecule has 1 N–H and O–H groups in total. The van der Waals surface area contributed by atoms with E-state index >= 15 is 0 Å². The second-order valence-electron chi connectivity index (χ2n) is 5.43. The van der Waals surface area contributed by atoms with Gasteiger partial charge in [0, 0.05) is 0 Å². The molecular weight excluding hydrogens is 276 g/mol. The van der Waals surface area contributed by atoms with Gasteiger partial charge in [-0.3, -0.25) is 4.79 Å². The Morgan fingerprint density at radius 3 is 2.77 bits per heavy atom. The molecular formula is C18H18N2O2. The molecule has 3 rings (SSSR count). The number of carbonyl (C=O) groups excluding carboxylic acids is 1. The molecule has 0 saturated heterocycles. The van der Waals surface area contributed by atoms with Crippen LogP contribution in [0.1, 0.15) is 19.8 Å². The lowest BCUT2D eigenvalue weighted by Crippen LogP contribution is -2.25. The number of hydrogen-bond acceptors (Lipinski definition) is 3. The van der Waals surface area contributed by atoms with Crippen LogP contribution in [-0.4, -0.2) is 18.2 Å². The molecule has 2 aromatic carbocycles. The van der Waals surface area contributed by atoms with Crippen LogP contribution >= 0.6 is 0 Å². The van der Waals surface area contributed by atoms with Crippen molar-refractivity contribution in [2.75, 3.05) is 6.61 Å². The standard InChI is InChI=1S/C18H18N2O2/c1-13-6-8-16(10-13)19-20-18(21)12-22-17-9-7-14-4-2-3-5-15(14)11-17/h2-5,7,9-11H,6,8,12H2,1H3,(H,20,21)/b19-16-. The van der Waals surface area contributed by atoms with E-state index in [9.17, 15) is 4.79 Å². The van der Waals surface area contributed by atoms with Crippen molar-refractivity contribution in [1.82, 2.24) is 5.43 Å². The third-order valence-corrected chi connectivity index (χ3v) is 3.60. The molecule has 1 aliphatic carbocycles. The molecule has 0 radical (unpaired) electrons. The van der Waals surface area contributed by atoms with E-state index in [1.165, 1.54) is 5.57 Å². The minimum atomic E-state index is -0.251. The maximum atomic E-state index is 11.8. The summed E-state index contributed by atoms with van der Waals surface area (Å²) in [5, 5.41) is 6.33. The number of nitrogens with one attached hydrogen (secondary N) is 1. The predicted molar refractivity (Wildman–Crippen MR) is 88.0 cm³/mol. The van der Waals surface area contributed by atoms with Crippen molar-refractivity contribution in [3.8, 4) is 5.75 Å². The minimum absolute atomic E-state index is 0.0438. The Hall–Kier alpha value is -2.62. The number of carbonyl (C=O) groups is 1. The van der Waals surface area contributed by atoms with Crippen molar-refractivity contribution in [3.05, 3.63) is 54.1 Å². The quantitative estimate of drug-likeness (QED) is 0.878. The van der Waals surface area contributed by atoms with Gasteiger partial charge in [0.25, 0.3) is 5.91 Å². The molecule has 0 heterocycles. The molecule has 0 atom stereocenters. The lowest BCUT2D eigenvalue weighted by atomic mass is 10.1. The molecule has 1 aliphatic rings. The van der Waals surface area contributed by atoms with Gasteiger partial charge < -0.3 is 4.74 Å². The minimum Gasteiger partial charge on any atom is -0.484 e. The highest BCUT2D eigenvalue weighted by molar-refractivity contribution is 5.98. The Labute approximate surface area is 129 Å². The smallest absolute Gasteiger partial charge is 0.277 e. The number of fused-ring (bicyclic) bond motifs is 1. The zero-order valence-corrected chi connectivity index (χ0v) is 12.5. The Morgan fingerprint density at radius 1 is 1.18 bits per heavy atom. The molecule has 22 heavy (non-hydrogen) atoms. The van der Waals surface area contributed by atoms with E-state index in [1.807, 2.05) is 48.5 Å². The number of ether oxygens (including phenoxy) is 1. The summed E-state index contributed by atoms with van der Waals surface area (Å²) in [5.41, 5.74) is 4.74. The Balaban J connectivity index is 1.56. The fraction of sp³-hybridized carbons (Fsp3) is 0.222. The van der Waals surface area contributed by atoms with Gasteiger partial charge in [0.05, 0.1) is 5.71 Å². The highest BCUT2D eigenvalue weighted by Crippen LogP contribution is 2.20. The third kappa shape index (κ3) is 3.52. The molecule has 4 nitrogen and oxygen atoms in total. The molecule has 0 spiro atoms. The van der Waals surface area contributed by atoms with E-state index in [4.69, 9.17) is 4.74 Å². The van der Waals surface area contributed by atoms with Gasteiger partial charge in [-0.1, -0.05) is 35.9 Å². The van der Waals surface area contributed by atoms with Gasteiger partial charge in [-0.25, -0.2) is 5.43 Å².